The molecule has 0 radical (unpaired) electrons. The Morgan fingerprint density at radius 2 is 1.60 bits per heavy atom. The van der Waals surface area contributed by atoms with Gasteiger partial charge in [-0.05, 0) is 42.0 Å². The molecule has 2 amide bonds. The predicted molar refractivity (Wildman–Crippen MR) is 96.1 cm³/mol. The van der Waals surface area contributed by atoms with Crippen molar-refractivity contribution in [2.45, 2.75) is 11.4 Å². The van der Waals surface area contributed by atoms with E-state index in [1.807, 2.05) is 0 Å². The highest BCUT2D eigenvalue weighted by Crippen LogP contribution is 2.15. The van der Waals surface area contributed by atoms with Crippen molar-refractivity contribution in [1.82, 2.24) is 10.0 Å². The Hall–Kier alpha value is -2.23. The number of benzene rings is 2. The summed E-state index contributed by atoms with van der Waals surface area (Å²) in [6.07, 6.45) is 0. The van der Waals surface area contributed by atoms with Gasteiger partial charge >= 0.3 is 0 Å². The standard InChI is InChI=1S/C16H16BrN3O4S/c17-13-5-7-14(8-6-13)25(23,24)20-9-11-1-3-12(4-2-11)16(22)19-10-15(18)21/h1-8,20H,9-10H2,(H2,18,21)(H,19,22). The lowest BCUT2D eigenvalue weighted by Gasteiger charge is -2.08. The molecule has 0 heterocycles. The van der Waals surface area contributed by atoms with Gasteiger partial charge in [0, 0.05) is 16.6 Å². The Bertz CT molecular complexity index is 865. The van der Waals surface area contributed by atoms with Gasteiger partial charge in [0.1, 0.15) is 0 Å². The Balaban J connectivity index is 1.98. The largest absolute Gasteiger partial charge is 0.368 e. The molecule has 0 aliphatic carbocycles. The van der Waals surface area contributed by atoms with E-state index in [4.69, 9.17) is 5.73 Å². The summed E-state index contributed by atoms with van der Waals surface area (Å²) in [6, 6.07) is 12.6. The van der Waals surface area contributed by atoms with Crippen molar-refractivity contribution in [3.8, 4) is 0 Å². The van der Waals surface area contributed by atoms with Gasteiger partial charge in [0.15, 0.2) is 0 Å². The second kappa shape index (κ2) is 8.24. The molecule has 2 rings (SSSR count). The fourth-order valence-electron chi connectivity index (χ4n) is 1.92. The highest BCUT2D eigenvalue weighted by molar-refractivity contribution is 9.10. The van der Waals surface area contributed by atoms with Crippen molar-refractivity contribution in [3.05, 3.63) is 64.1 Å². The Kier molecular flexibility index (Phi) is 6.29. The van der Waals surface area contributed by atoms with E-state index in [2.05, 4.69) is 26.0 Å². The molecular weight excluding hydrogens is 410 g/mol. The van der Waals surface area contributed by atoms with Crippen LogP contribution in [-0.2, 0) is 21.4 Å². The van der Waals surface area contributed by atoms with Gasteiger partial charge in [-0.15, -0.1) is 0 Å². The molecule has 0 saturated carbocycles. The average Bonchev–Trinajstić information content (AvgIpc) is 2.59. The molecule has 4 N–H and O–H groups in total. The molecule has 0 unspecified atom stereocenters. The molecule has 132 valence electrons. The van der Waals surface area contributed by atoms with Gasteiger partial charge in [0.2, 0.25) is 15.9 Å². The fourth-order valence-corrected chi connectivity index (χ4v) is 3.20. The van der Waals surface area contributed by atoms with Crippen molar-refractivity contribution in [2.75, 3.05) is 6.54 Å². The number of carbonyl (C=O) groups excluding carboxylic acids is 2. The van der Waals surface area contributed by atoms with Crippen molar-refractivity contribution < 1.29 is 18.0 Å². The minimum Gasteiger partial charge on any atom is -0.368 e. The van der Waals surface area contributed by atoms with E-state index in [0.29, 0.717) is 11.1 Å². The van der Waals surface area contributed by atoms with Crippen LogP contribution >= 0.6 is 15.9 Å². The third-order valence-electron chi connectivity index (χ3n) is 3.23. The molecule has 2 aromatic carbocycles. The molecule has 0 spiro atoms. The van der Waals surface area contributed by atoms with Crippen LogP contribution in [0.1, 0.15) is 15.9 Å². The van der Waals surface area contributed by atoms with Crippen molar-refractivity contribution in [1.29, 1.82) is 0 Å². The van der Waals surface area contributed by atoms with E-state index in [1.54, 1.807) is 36.4 Å². The summed E-state index contributed by atoms with van der Waals surface area (Å²) in [7, 11) is -3.62. The van der Waals surface area contributed by atoms with Gasteiger partial charge in [-0.25, -0.2) is 13.1 Å². The van der Waals surface area contributed by atoms with Crippen molar-refractivity contribution in [2.24, 2.45) is 5.73 Å². The zero-order chi connectivity index (χ0) is 18.4. The highest BCUT2D eigenvalue weighted by atomic mass is 79.9. The fraction of sp³-hybridized carbons (Fsp3) is 0.125. The number of nitrogens with one attached hydrogen (secondary N) is 2. The Morgan fingerprint density at radius 1 is 1.00 bits per heavy atom. The van der Waals surface area contributed by atoms with Crippen LogP contribution in [0, 0.1) is 0 Å². The maximum atomic E-state index is 12.2. The van der Waals surface area contributed by atoms with Gasteiger partial charge in [-0.1, -0.05) is 28.1 Å². The van der Waals surface area contributed by atoms with Crippen LogP contribution in [0.25, 0.3) is 0 Å². The quantitative estimate of drug-likeness (QED) is 0.615. The Labute approximate surface area is 153 Å². The van der Waals surface area contributed by atoms with E-state index in [1.165, 1.54) is 12.1 Å². The van der Waals surface area contributed by atoms with Crippen molar-refractivity contribution >= 4 is 37.8 Å². The molecule has 0 saturated heterocycles. The molecule has 0 aliphatic rings. The first-order valence-electron chi connectivity index (χ1n) is 7.18. The number of rotatable bonds is 7. The monoisotopic (exact) mass is 425 g/mol. The van der Waals surface area contributed by atoms with Gasteiger partial charge in [-0.2, -0.15) is 0 Å². The van der Waals surface area contributed by atoms with E-state index < -0.39 is 21.8 Å². The average molecular weight is 426 g/mol. The van der Waals surface area contributed by atoms with E-state index in [9.17, 15) is 18.0 Å². The first-order chi connectivity index (χ1) is 11.8. The summed E-state index contributed by atoms with van der Waals surface area (Å²) in [6.45, 7) is -0.158. The van der Waals surface area contributed by atoms with Crippen LogP contribution in [-0.4, -0.2) is 26.8 Å². The van der Waals surface area contributed by atoms with Crippen LogP contribution in [0.15, 0.2) is 57.9 Å². The van der Waals surface area contributed by atoms with Crippen LogP contribution < -0.4 is 15.8 Å². The molecule has 0 aromatic heterocycles. The molecule has 0 atom stereocenters. The molecule has 0 aliphatic heterocycles. The zero-order valence-corrected chi connectivity index (χ0v) is 15.4. The molecule has 9 heteroatoms. The number of sulfonamides is 1. The maximum Gasteiger partial charge on any atom is 0.251 e. The van der Waals surface area contributed by atoms with Crippen molar-refractivity contribution in [3.63, 3.8) is 0 Å². The molecule has 0 fully saturated rings. The van der Waals surface area contributed by atoms with E-state index in [0.717, 1.165) is 4.47 Å². The molecule has 25 heavy (non-hydrogen) atoms. The lowest BCUT2D eigenvalue weighted by atomic mass is 10.1. The minimum atomic E-state index is -3.62. The number of amides is 2. The number of hydrogen-bond acceptors (Lipinski definition) is 4. The summed E-state index contributed by atoms with van der Waals surface area (Å²) in [5.74, 6) is -1.06. The lowest BCUT2D eigenvalue weighted by molar-refractivity contribution is -0.117. The van der Waals surface area contributed by atoms with Crippen LogP contribution in [0.3, 0.4) is 0 Å². The number of nitrogens with two attached hydrogens (primary N) is 1. The highest BCUT2D eigenvalue weighted by Gasteiger charge is 2.13. The van der Waals surface area contributed by atoms with Gasteiger partial charge < -0.3 is 11.1 Å². The molecule has 0 bridgehead atoms. The second-order valence-corrected chi connectivity index (χ2v) is 7.81. The van der Waals surface area contributed by atoms with Gasteiger partial charge in [-0.3, -0.25) is 9.59 Å². The number of carbonyl (C=O) groups is 2. The number of hydrogen-bond donors (Lipinski definition) is 3. The van der Waals surface area contributed by atoms with Gasteiger partial charge in [0.25, 0.3) is 5.91 Å². The van der Waals surface area contributed by atoms with Gasteiger partial charge in [0.05, 0.1) is 11.4 Å². The number of primary amides is 1. The van der Waals surface area contributed by atoms with E-state index >= 15 is 0 Å². The topological polar surface area (TPSA) is 118 Å². The summed E-state index contributed by atoms with van der Waals surface area (Å²) < 4.78 is 27.7. The smallest absolute Gasteiger partial charge is 0.251 e. The molecule has 7 nitrogen and oxygen atoms in total. The predicted octanol–water partition coefficient (Wildman–Crippen LogP) is 1.14. The SMILES string of the molecule is NC(=O)CNC(=O)c1ccc(CNS(=O)(=O)c2ccc(Br)cc2)cc1. The molecular formula is C16H16BrN3O4S. The Morgan fingerprint density at radius 3 is 2.16 bits per heavy atom. The van der Waals surface area contributed by atoms with E-state index in [-0.39, 0.29) is 18.0 Å². The second-order valence-electron chi connectivity index (χ2n) is 5.12. The van der Waals surface area contributed by atoms with Crippen LogP contribution in [0.5, 0.6) is 0 Å². The van der Waals surface area contributed by atoms with Crippen LogP contribution in [0.2, 0.25) is 0 Å². The summed E-state index contributed by atoms with van der Waals surface area (Å²) in [5.41, 5.74) is 5.99. The number of halogens is 1. The third-order valence-corrected chi connectivity index (χ3v) is 5.18. The third kappa shape index (κ3) is 5.66. The normalized spacial score (nSPS) is 11.1. The summed E-state index contributed by atoms with van der Waals surface area (Å²) in [5, 5.41) is 2.37. The first kappa shape index (κ1) is 19.1. The summed E-state index contributed by atoms with van der Waals surface area (Å²) >= 11 is 3.25. The summed E-state index contributed by atoms with van der Waals surface area (Å²) in [4.78, 5) is 22.6. The van der Waals surface area contributed by atoms with Crippen LogP contribution in [0.4, 0.5) is 0 Å². The molecule has 2 aromatic rings. The lowest BCUT2D eigenvalue weighted by Crippen LogP contribution is -2.33. The maximum absolute atomic E-state index is 12.2. The minimum absolute atomic E-state index is 0.0849. The first-order valence-corrected chi connectivity index (χ1v) is 9.46. The zero-order valence-electron chi connectivity index (χ0n) is 13.0.